The van der Waals surface area contributed by atoms with Gasteiger partial charge in [-0.2, -0.15) is 18.4 Å². The number of benzene rings is 1. The maximum Gasteiger partial charge on any atom is 0.416 e. The van der Waals surface area contributed by atoms with Gasteiger partial charge >= 0.3 is 6.18 Å². The van der Waals surface area contributed by atoms with E-state index in [4.69, 9.17) is 11.5 Å². The number of carbonyl (C=O) groups is 1. The molecule has 5 N–H and O–H groups in total. The molecule has 1 saturated carbocycles. The van der Waals surface area contributed by atoms with Gasteiger partial charge in [0.15, 0.2) is 0 Å². The van der Waals surface area contributed by atoms with Crippen molar-refractivity contribution in [2.45, 2.75) is 37.9 Å². The molecule has 1 aliphatic rings. The number of amidine groups is 1. The van der Waals surface area contributed by atoms with E-state index in [-0.39, 0.29) is 29.1 Å². The van der Waals surface area contributed by atoms with Crippen LogP contribution in [0.4, 0.5) is 18.9 Å². The summed E-state index contributed by atoms with van der Waals surface area (Å²) in [7, 11) is 0. The minimum absolute atomic E-state index is 0.0999. The number of alkyl halides is 3. The molecule has 2 rings (SSSR count). The van der Waals surface area contributed by atoms with E-state index in [0.29, 0.717) is 0 Å². The highest BCUT2D eigenvalue weighted by Crippen LogP contribution is 2.30. The van der Waals surface area contributed by atoms with Crippen LogP contribution >= 0.6 is 0 Å². The van der Waals surface area contributed by atoms with Crippen molar-refractivity contribution in [1.82, 2.24) is 5.32 Å². The van der Waals surface area contributed by atoms with Crippen LogP contribution in [0.2, 0.25) is 0 Å². The van der Waals surface area contributed by atoms with Gasteiger partial charge in [-0.15, -0.1) is 0 Å². The lowest BCUT2D eigenvalue weighted by molar-refractivity contribution is -0.137. The van der Waals surface area contributed by atoms with E-state index in [1.165, 1.54) is 6.20 Å². The first-order valence-corrected chi connectivity index (χ1v) is 8.40. The number of nitrogens with two attached hydrogens (primary N) is 2. The second-order valence-corrected chi connectivity index (χ2v) is 6.26. The molecule has 144 valence electrons. The van der Waals surface area contributed by atoms with Gasteiger partial charge in [-0.3, -0.25) is 4.79 Å². The van der Waals surface area contributed by atoms with Crippen LogP contribution in [0.15, 0.2) is 41.0 Å². The number of nitriles is 1. The molecule has 6 nitrogen and oxygen atoms in total. The van der Waals surface area contributed by atoms with Crippen molar-refractivity contribution in [3.05, 3.63) is 41.6 Å². The van der Waals surface area contributed by atoms with E-state index in [9.17, 15) is 23.2 Å². The van der Waals surface area contributed by atoms with Crippen LogP contribution in [0.1, 0.15) is 31.2 Å². The summed E-state index contributed by atoms with van der Waals surface area (Å²) in [5.41, 5.74) is 10.4. The average molecular weight is 379 g/mol. The summed E-state index contributed by atoms with van der Waals surface area (Å²) < 4.78 is 37.8. The molecular formula is C18H20F3N5O. The predicted octanol–water partition coefficient (Wildman–Crippen LogP) is 2.74. The van der Waals surface area contributed by atoms with Crippen molar-refractivity contribution in [3.63, 3.8) is 0 Å². The first-order chi connectivity index (χ1) is 12.7. The summed E-state index contributed by atoms with van der Waals surface area (Å²) in [6, 6.07) is 6.14. The van der Waals surface area contributed by atoms with E-state index >= 15 is 0 Å². The van der Waals surface area contributed by atoms with Gasteiger partial charge in [0.1, 0.15) is 5.84 Å². The fraction of sp³-hybridized carbons (Fsp3) is 0.389. The molecule has 0 spiro atoms. The second kappa shape index (κ2) is 8.58. The smallest absolute Gasteiger partial charge is 0.386 e. The quantitative estimate of drug-likeness (QED) is 0.414. The Hall–Kier alpha value is -3.02. The molecular weight excluding hydrogens is 359 g/mol. The largest absolute Gasteiger partial charge is 0.416 e. The van der Waals surface area contributed by atoms with Gasteiger partial charge in [-0.05, 0) is 37.1 Å². The van der Waals surface area contributed by atoms with E-state index in [1.807, 2.05) is 0 Å². The number of hydrogen-bond donors (Lipinski definition) is 3. The van der Waals surface area contributed by atoms with Gasteiger partial charge in [0.2, 0.25) is 0 Å². The van der Waals surface area contributed by atoms with Crippen LogP contribution in [0, 0.1) is 17.2 Å². The lowest BCUT2D eigenvalue weighted by atomic mass is 9.85. The van der Waals surface area contributed by atoms with Crippen molar-refractivity contribution in [2.24, 2.45) is 22.4 Å². The number of halogens is 3. The number of amides is 1. The minimum Gasteiger partial charge on any atom is -0.386 e. The SMILES string of the molecule is N#C[C@H]1CCCC[C@@H]1N/C=C(/C(N)=O)C(N)=Nc1ccc(C(F)(F)F)cc1. The Bertz CT molecular complexity index is 778. The van der Waals surface area contributed by atoms with Gasteiger partial charge < -0.3 is 16.8 Å². The van der Waals surface area contributed by atoms with Crippen LogP contribution in [0.25, 0.3) is 0 Å². The zero-order valence-corrected chi connectivity index (χ0v) is 14.5. The standard InChI is InChI=1S/C18H20F3N5O/c19-18(20,21)12-5-7-13(8-6-12)26-16(23)14(17(24)27)10-25-15-4-2-1-3-11(15)9-22/h5-8,10-11,15,25H,1-4H2,(H2,23,26)(H2,24,27)/b14-10+/t11-,15+/m1/s1. The zero-order valence-electron chi connectivity index (χ0n) is 14.5. The number of carbonyl (C=O) groups excluding carboxylic acids is 1. The van der Waals surface area contributed by atoms with Crippen LogP contribution in [0.3, 0.4) is 0 Å². The molecule has 1 aromatic rings. The topological polar surface area (TPSA) is 117 Å². The lowest BCUT2D eigenvalue weighted by Crippen LogP contribution is -2.37. The summed E-state index contributed by atoms with van der Waals surface area (Å²) in [5.74, 6) is -1.24. The number of hydrogen-bond acceptors (Lipinski definition) is 4. The fourth-order valence-corrected chi connectivity index (χ4v) is 2.87. The molecule has 0 unspecified atom stereocenters. The minimum atomic E-state index is -4.45. The predicted molar refractivity (Wildman–Crippen MR) is 94.5 cm³/mol. The van der Waals surface area contributed by atoms with Crippen LogP contribution in [-0.4, -0.2) is 17.8 Å². The highest BCUT2D eigenvalue weighted by molar-refractivity contribution is 6.20. The fourth-order valence-electron chi connectivity index (χ4n) is 2.87. The summed E-state index contributed by atoms with van der Waals surface area (Å²) in [4.78, 5) is 15.6. The van der Waals surface area contributed by atoms with Crippen molar-refractivity contribution in [3.8, 4) is 6.07 Å². The van der Waals surface area contributed by atoms with Crippen molar-refractivity contribution < 1.29 is 18.0 Å². The Balaban J connectivity index is 2.18. The van der Waals surface area contributed by atoms with Crippen LogP contribution in [-0.2, 0) is 11.0 Å². The third kappa shape index (κ3) is 5.48. The van der Waals surface area contributed by atoms with E-state index in [1.54, 1.807) is 0 Å². The van der Waals surface area contributed by atoms with E-state index in [2.05, 4.69) is 16.4 Å². The highest BCUT2D eigenvalue weighted by Gasteiger charge is 2.30. The summed E-state index contributed by atoms with van der Waals surface area (Å²) >= 11 is 0. The molecule has 0 aromatic heterocycles. The van der Waals surface area contributed by atoms with Crippen molar-refractivity contribution in [2.75, 3.05) is 0 Å². The summed E-state index contributed by atoms with van der Waals surface area (Å²) in [6.45, 7) is 0. The first-order valence-electron chi connectivity index (χ1n) is 8.40. The Morgan fingerprint density at radius 1 is 1.22 bits per heavy atom. The normalized spacial score (nSPS) is 21.4. The molecule has 2 atom stereocenters. The molecule has 0 saturated heterocycles. The first kappa shape index (κ1) is 20.3. The number of rotatable bonds is 5. The Morgan fingerprint density at radius 3 is 2.41 bits per heavy atom. The number of nitrogens with one attached hydrogen (secondary N) is 1. The average Bonchev–Trinajstić information content (AvgIpc) is 2.61. The second-order valence-electron chi connectivity index (χ2n) is 6.26. The molecule has 1 fully saturated rings. The maximum absolute atomic E-state index is 12.6. The molecule has 0 heterocycles. The highest BCUT2D eigenvalue weighted by atomic mass is 19.4. The molecule has 27 heavy (non-hydrogen) atoms. The monoisotopic (exact) mass is 379 g/mol. The lowest BCUT2D eigenvalue weighted by Gasteiger charge is -2.27. The molecule has 0 radical (unpaired) electrons. The van der Waals surface area contributed by atoms with Gasteiger partial charge in [0.05, 0.1) is 28.8 Å². The van der Waals surface area contributed by atoms with Gasteiger partial charge in [0.25, 0.3) is 5.91 Å². The molecule has 1 aromatic carbocycles. The third-order valence-corrected chi connectivity index (χ3v) is 4.36. The molecule has 1 aliphatic carbocycles. The third-order valence-electron chi connectivity index (χ3n) is 4.36. The van der Waals surface area contributed by atoms with Crippen LogP contribution in [0.5, 0.6) is 0 Å². The van der Waals surface area contributed by atoms with Crippen molar-refractivity contribution >= 4 is 17.4 Å². The van der Waals surface area contributed by atoms with E-state index < -0.39 is 17.6 Å². The Labute approximate surface area is 154 Å². The van der Waals surface area contributed by atoms with Gasteiger partial charge in [0, 0.05) is 12.2 Å². The summed E-state index contributed by atoms with van der Waals surface area (Å²) in [5, 5.41) is 12.2. The van der Waals surface area contributed by atoms with Gasteiger partial charge in [-0.25, -0.2) is 4.99 Å². The Morgan fingerprint density at radius 2 is 1.85 bits per heavy atom. The Kier molecular flexibility index (Phi) is 6.45. The molecule has 0 aliphatic heterocycles. The number of primary amides is 1. The maximum atomic E-state index is 12.6. The molecule has 0 bridgehead atoms. The van der Waals surface area contributed by atoms with Crippen LogP contribution < -0.4 is 16.8 Å². The summed E-state index contributed by atoms with van der Waals surface area (Å²) in [6.07, 6.45) is 0.351. The molecule has 9 heteroatoms. The molecule has 1 amide bonds. The number of aliphatic imine (C=N–C) groups is 1. The number of nitrogens with zero attached hydrogens (tertiary/aromatic N) is 2. The van der Waals surface area contributed by atoms with Crippen molar-refractivity contribution in [1.29, 1.82) is 5.26 Å². The van der Waals surface area contributed by atoms with E-state index in [0.717, 1.165) is 49.9 Å². The zero-order chi connectivity index (χ0) is 20.0. The van der Waals surface area contributed by atoms with Gasteiger partial charge in [-0.1, -0.05) is 12.8 Å².